The number of anilines is 1. The Hall–Kier alpha value is -3.06. The molecule has 6 nitrogen and oxygen atoms in total. The number of thiazole rings is 1. The molecular formula is C21H20N2O4S. The van der Waals surface area contributed by atoms with Crippen LogP contribution in [0, 0.1) is 6.92 Å². The third kappa shape index (κ3) is 4.09. The highest BCUT2D eigenvalue weighted by molar-refractivity contribution is 7.14. The molecule has 2 aromatic carbocycles. The predicted octanol–water partition coefficient (Wildman–Crippen LogP) is 4.30. The summed E-state index contributed by atoms with van der Waals surface area (Å²) in [6.45, 7) is 4.79. The predicted molar refractivity (Wildman–Crippen MR) is 108 cm³/mol. The van der Waals surface area contributed by atoms with Crippen LogP contribution >= 0.6 is 11.3 Å². The number of carbonyl (C=O) groups excluding carboxylic acids is 1. The van der Waals surface area contributed by atoms with Gasteiger partial charge in [0.2, 0.25) is 0 Å². The molecule has 7 heteroatoms. The minimum atomic E-state index is -0.636. The molecule has 144 valence electrons. The van der Waals surface area contributed by atoms with E-state index in [-0.39, 0.29) is 5.91 Å². The van der Waals surface area contributed by atoms with Crippen molar-refractivity contribution in [3.05, 3.63) is 53.4 Å². The maximum Gasteiger partial charge on any atom is 0.266 e. The van der Waals surface area contributed by atoms with Crippen LogP contribution in [0.15, 0.2) is 47.8 Å². The first kappa shape index (κ1) is 18.3. The maximum absolute atomic E-state index is 12.4. The van der Waals surface area contributed by atoms with Gasteiger partial charge in [-0.3, -0.25) is 10.1 Å². The Balaban J connectivity index is 1.42. The standard InChI is InChI=1S/C21H20N2O4S/c1-13-4-3-5-16(10-13)27-14(2)20(24)23-21-22-17(12-28-21)15-6-7-18-19(11-15)26-9-8-25-18/h3-7,10-12,14H,8-9H2,1-2H3,(H,22,23,24)/t14-/m0/s1. The molecule has 0 unspecified atom stereocenters. The molecule has 4 rings (SSSR count). The average molecular weight is 396 g/mol. The smallest absolute Gasteiger partial charge is 0.266 e. The Morgan fingerprint density at radius 1 is 1.18 bits per heavy atom. The first-order chi connectivity index (χ1) is 13.6. The number of nitrogens with zero attached hydrogens (tertiary/aromatic N) is 1. The molecule has 1 amide bonds. The molecule has 0 aliphatic carbocycles. The summed E-state index contributed by atoms with van der Waals surface area (Å²) in [6, 6.07) is 13.3. The summed E-state index contributed by atoms with van der Waals surface area (Å²) < 4.78 is 16.9. The van der Waals surface area contributed by atoms with Gasteiger partial charge in [0.25, 0.3) is 5.91 Å². The number of amides is 1. The minimum Gasteiger partial charge on any atom is -0.486 e. The lowest BCUT2D eigenvalue weighted by Crippen LogP contribution is -2.30. The van der Waals surface area contributed by atoms with Crippen molar-refractivity contribution in [1.29, 1.82) is 0 Å². The monoisotopic (exact) mass is 396 g/mol. The molecule has 0 fully saturated rings. The molecule has 1 N–H and O–H groups in total. The fourth-order valence-corrected chi connectivity index (χ4v) is 3.54. The van der Waals surface area contributed by atoms with Crippen LogP contribution in [0.1, 0.15) is 12.5 Å². The van der Waals surface area contributed by atoms with Crippen LogP contribution in [0.4, 0.5) is 5.13 Å². The topological polar surface area (TPSA) is 69.7 Å². The average Bonchev–Trinajstić information content (AvgIpc) is 3.16. The van der Waals surface area contributed by atoms with Crippen LogP contribution in [0.2, 0.25) is 0 Å². The lowest BCUT2D eigenvalue weighted by Gasteiger charge is -2.18. The zero-order chi connectivity index (χ0) is 19.5. The van der Waals surface area contributed by atoms with Gasteiger partial charge in [-0.1, -0.05) is 12.1 Å². The molecule has 1 aliphatic heterocycles. The van der Waals surface area contributed by atoms with Gasteiger partial charge in [0.05, 0.1) is 5.69 Å². The van der Waals surface area contributed by atoms with Crippen LogP contribution in [0.3, 0.4) is 0 Å². The van der Waals surface area contributed by atoms with E-state index in [9.17, 15) is 4.79 Å². The van der Waals surface area contributed by atoms with Gasteiger partial charge in [-0.25, -0.2) is 4.98 Å². The number of carbonyl (C=O) groups is 1. The summed E-state index contributed by atoms with van der Waals surface area (Å²) in [5, 5.41) is 5.24. The summed E-state index contributed by atoms with van der Waals surface area (Å²) in [5.74, 6) is 1.87. The molecule has 0 bridgehead atoms. The lowest BCUT2D eigenvalue weighted by molar-refractivity contribution is -0.122. The molecule has 28 heavy (non-hydrogen) atoms. The van der Waals surface area contributed by atoms with Crippen molar-refractivity contribution in [3.63, 3.8) is 0 Å². The van der Waals surface area contributed by atoms with Gasteiger partial charge in [-0.15, -0.1) is 11.3 Å². The van der Waals surface area contributed by atoms with E-state index < -0.39 is 6.10 Å². The molecule has 1 aliphatic rings. The Bertz CT molecular complexity index is 1000. The number of hydrogen-bond donors (Lipinski definition) is 1. The third-order valence-corrected chi connectivity index (χ3v) is 5.00. The van der Waals surface area contributed by atoms with E-state index in [2.05, 4.69) is 10.3 Å². The first-order valence-electron chi connectivity index (χ1n) is 8.98. The second kappa shape index (κ2) is 7.90. The summed E-state index contributed by atoms with van der Waals surface area (Å²) >= 11 is 1.37. The van der Waals surface area contributed by atoms with Crippen LogP contribution in [-0.4, -0.2) is 30.2 Å². The summed E-state index contributed by atoms with van der Waals surface area (Å²) in [7, 11) is 0. The Morgan fingerprint density at radius 3 is 2.82 bits per heavy atom. The molecule has 0 spiro atoms. The van der Waals surface area contributed by atoms with Gasteiger partial charge in [-0.05, 0) is 49.7 Å². The SMILES string of the molecule is Cc1cccc(O[C@@H](C)C(=O)Nc2nc(-c3ccc4c(c3)OCCO4)cs2)c1. The summed E-state index contributed by atoms with van der Waals surface area (Å²) in [4.78, 5) is 16.9. The van der Waals surface area contributed by atoms with Crippen LogP contribution < -0.4 is 19.5 Å². The number of fused-ring (bicyclic) bond motifs is 1. The van der Waals surface area contributed by atoms with Gasteiger partial charge in [-0.2, -0.15) is 0 Å². The number of nitrogens with one attached hydrogen (secondary N) is 1. The molecule has 0 radical (unpaired) electrons. The number of hydrogen-bond acceptors (Lipinski definition) is 6. The fourth-order valence-electron chi connectivity index (χ4n) is 2.82. The second-order valence-corrected chi connectivity index (χ2v) is 7.32. The molecule has 2 heterocycles. The Morgan fingerprint density at radius 2 is 2.00 bits per heavy atom. The second-order valence-electron chi connectivity index (χ2n) is 6.46. The van der Waals surface area contributed by atoms with Crippen LogP contribution in [-0.2, 0) is 4.79 Å². The zero-order valence-corrected chi connectivity index (χ0v) is 16.4. The van der Waals surface area contributed by atoms with Crippen molar-refractivity contribution in [3.8, 4) is 28.5 Å². The van der Waals surface area contributed by atoms with Crippen molar-refractivity contribution in [1.82, 2.24) is 4.98 Å². The first-order valence-corrected chi connectivity index (χ1v) is 9.86. The molecule has 1 aromatic heterocycles. The largest absolute Gasteiger partial charge is 0.486 e. The van der Waals surface area contributed by atoms with Gasteiger partial charge in [0.15, 0.2) is 22.7 Å². The highest BCUT2D eigenvalue weighted by Gasteiger charge is 2.18. The third-order valence-electron chi connectivity index (χ3n) is 4.24. The number of rotatable bonds is 5. The lowest BCUT2D eigenvalue weighted by atomic mass is 10.1. The molecule has 0 saturated heterocycles. The van der Waals surface area contributed by atoms with Crippen molar-refractivity contribution in [2.45, 2.75) is 20.0 Å². The fraction of sp³-hybridized carbons (Fsp3) is 0.238. The van der Waals surface area contributed by atoms with Gasteiger partial charge >= 0.3 is 0 Å². The van der Waals surface area contributed by atoms with Gasteiger partial charge in [0, 0.05) is 10.9 Å². The number of aromatic nitrogens is 1. The highest BCUT2D eigenvalue weighted by Crippen LogP contribution is 2.35. The highest BCUT2D eigenvalue weighted by atomic mass is 32.1. The van der Waals surface area contributed by atoms with E-state index in [1.165, 1.54) is 11.3 Å². The summed E-state index contributed by atoms with van der Waals surface area (Å²) in [5.41, 5.74) is 2.75. The molecule has 1 atom stereocenters. The van der Waals surface area contributed by atoms with E-state index >= 15 is 0 Å². The molecular weight excluding hydrogens is 376 g/mol. The number of ether oxygens (including phenoxy) is 3. The van der Waals surface area contributed by atoms with E-state index in [1.54, 1.807) is 6.92 Å². The minimum absolute atomic E-state index is 0.246. The van der Waals surface area contributed by atoms with Crippen LogP contribution in [0.5, 0.6) is 17.2 Å². The molecule has 0 saturated carbocycles. The van der Waals surface area contributed by atoms with E-state index in [1.807, 2.05) is 54.8 Å². The maximum atomic E-state index is 12.4. The zero-order valence-electron chi connectivity index (χ0n) is 15.6. The number of aryl methyl sites for hydroxylation is 1. The Kier molecular flexibility index (Phi) is 5.16. The van der Waals surface area contributed by atoms with Crippen molar-refractivity contribution < 1.29 is 19.0 Å². The van der Waals surface area contributed by atoms with E-state index in [4.69, 9.17) is 14.2 Å². The van der Waals surface area contributed by atoms with Gasteiger partial charge < -0.3 is 14.2 Å². The van der Waals surface area contributed by atoms with Crippen molar-refractivity contribution >= 4 is 22.4 Å². The quantitative estimate of drug-likeness (QED) is 0.696. The van der Waals surface area contributed by atoms with Crippen molar-refractivity contribution in [2.75, 3.05) is 18.5 Å². The summed E-state index contributed by atoms with van der Waals surface area (Å²) in [6.07, 6.45) is -0.636. The number of benzene rings is 2. The van der Waals surface area contributed by atoms with Crippen molar-refractivity contribution in [2.24, 2.45) is 0 Å². The van der Waals surface area contributed by atoms with Crippen LogP contribution in [0.25, 0.3) is 11.3 Å². The molecule has 3 aromatic rings. The van der Waals surface area contributed by atoms with Gasteiger partial charge in [0.1, 0.15) is 19.0 Å². The van der Waals surface area contributed by atoms with E-state index in [0.717, 1.165) is 22.6 Å². The Labute approximate surface area is 167 Å². The van der Waals surface area contributed by atoms with E-state index in [0.29, 0.717) is 29.8 Å². The normalized spacial score (nSPS) is 13.6.